The SMILES string of the molecule is Cc1ccc(-c2ccccc2C(=O)Nc2ccc(C(=O)C3CCC(CC(=O)O)c4cc(Cl)ccc4N3)cc2)cc1. The van der Waals surface area contributed by atoms with Crippen molar-refractivity contribution < 1.29 is 19.5 Å². The van der Waals surface area contributed by atoms with Crippen LogP contribution in [0, 0.1) is 6.92 Å². The minimum Gasteiger partial charge on any atom is -0.481 e. The van der Waals surface area contributed by atoms with Crippen LogP contribution in [0.3, 0.4) is 0 Å². The molecule has 3 N–H and O–H groups in total. The van der Waals surface area contributed by atoms with E-state index in [9.17, 15) is 19.5 Å². The second-order valence-corrected chi connectivity index (χ2v) is 10.5. The van der Waals surface area contributed by atoms with Crippen LogP contribution in [0.25, 0.3) is 11.1 Å². The van der Waals surface area contributed by atoms with Gasteiger partial charge in [-0.25, -0.2) is 0 Å². The van der Waals surface area contributed by atoms with Crippen molar-refractivity contribution in [3.8, 4) is 11.1 Å². The van der Waals surface area contributed by atoms with Gasteiger partial charge in [-0.1, -0.05) is 59.6 Å². The summed E-state index contributed by atoms with van der Waals surface area (Å²) in [5.74, 6) is -1.46. The van der Waals surface area contributed by atoms with Crippen molar-refractivity contribution >= 4 is 40.6 Å². The molecule has 0 spiro atoms. The van der Waals surface area contributed by atoms with Gasteiger partial charge < -0.3 is 15.7 Å². The third-order valence-electron chi connectivity index (χ3n) is 7.29. The first kappa shape index (κ1) is 27.2. The number of carboxylic acids is 1. The summed E-state index contributed by atoms with van der Waals surface area (Å²) in [7, 11) is 0. The van der Waals surface area contributed by atoms with Crippen molar-refractivity contribution in [1.29, 1.82) is 0 Å². The van der Waals surface area contributed by atoms with Crippen LogP contribution in [0.1, 0.15) is 57.0 Å². The van der Waals surface area contributed by atoms with E-state index in [-0.39, 0.29) is 24.0 Å². The lowest BCUT2D eigenvalue weighted by Gasteiger charge is -2.18. The van der Waals surface area contributed by atoms with Gasteiger partial charge in [0.15, 0.2) is 5.78 Å². The van der Waals surface area contributed by atoms with Crippen molar-refractivity contribution in [2.45, 2.75) is 38.1 Å². The number of hydrogen-bond donors (Lipinski definition) is 3. The first-order chi connectivity index (χ1) is 19.3. The largest absolute Gasteiger partial charge is 0.481 e. The number of nitrogens with one attached hydrogen (secondary N) is 2. The summed E-state index contributed by atoms with van der Waals surface area (Å²) < 4.78 is 0. The Morgan fingerprint density at radius 3 is 2.38 bits per heavy atom. The lowest BCUT2D eigenvalue weighted by atomic mass is 9.90. The number of aryl methyl sites for hydroxylation is 1. The highest BCUT2D eigenvalue weighted by molar-refractivity contribution is 6.30. The Morgan fingerprint density at radius 2 is 1.65 bits per heavy atom. The predicted molar refractivity (Wildman–Crippen MR) is 158 cm³/mol. The van der Waals surface area contributed by atoms with Gasteiger partial charge in [0.1, 0.15) is 0 Å². The standard InChI is InChI=1S/C33H29ClN2O4/c1-20-6-8-21(9-7-20)26-4-2-3-5-27(26)33(40)35-25-14-10-22(11-15-25)32(39)30-16-12-23(18-31(37)38)28-19-24(34)13-17-29(28)36-30/h2-11,13-15,17,19,23,30,36H,12,16,18H2,1H3,(H,35,40)(H,37,38). The number of rotatable bonds is 7. The van der Waals surface area contributed by atoms with E-state index >= 15 is 0 Å². The number of carboxylic acid groups (broad SMARTS) is 1. The van der Waals surface area contributed by atoms with Gasteiger partial charge >= 0.3 is 5.97 Å². The van der Waals surface area contributed by atoms with Gasteiger partial charge in [0.05, 0.1) is 12.5 Å². The fourth-order valence-electron chi connectivity index (χ4n) is 5.19. The molecule has 0 radical (unpaired) electrons. The van der Waals surface area contributed by atoms with Gasteiger partial charge in [-0.05, 0) is 90.9 Å². The number of carbonyl (C=O) groups excluding carboxylic acids is 2. The summed E-state index contributed by atoms with van der Waals surface area (Å²) in [5.41, 5.74) is 6.13. The molecule has 2 atom stereocenters. The van der Waals surface area contributed by atoms with Crippen LogP contribution in [0.2, 0.25) is 5.02 Å². The van der Waals surface area contributed by atoms with Crippen molar-refractivity contribution in [3.63, 3.8) is 0 Å². The molecular formula is C33H29ClN2O4. The van der Waals surface area contributed by atoms with Gasteiger partial charge in [-0.2, -0.15) is 0 Å². The fraction of sp³-hybridized carbons (Fsp3) is 0.182. The van der Waals surface area contributed by atoms with Crippen LogP contribution in [-0.2, 0) is 4.79 Å². The molecule has 6 nitrogen and oxygen atoms in total. The Labute approximate surface area is 238 Å². The van der Waals surface area contributed by atoms with E-state index in [1.54, 1.807) is 48.5 Å². The van der Waals surface area contributed by atoms with E-state index < -0.39 is 12.0 Å². The highest BCUT2D eigenvalue weighted by Crippen LogP contribution is 2.37. The molecule has 0 saturated heterocycles. The number of amides is 1. The van der Waals surface area contributed by atoms with Crippen molar-refractivity contribution in [2.75, 3.05) is 10.6 Å². The molecule has 4 aromatic rings. The lowest BCUT2D eigenvalue weighted by molar-refractivity contribution is -0.137. The number of anilines is 2. The van der Waals surface area contributed by atoms with Crippen LogP contribution in [-0.4, -0.2) is 28.8 Å². The molecule has 2 unspecified atom stereocenters. The maximum absolute atomic E-state index is 13.4. The third-order valence-corrected chi connectivity index (χ3v) is 7.52. The Kier molecular flexibility index (Phi) is 7.99. The smallest absolute Gasteiger partial charge is 0.303 e. The molecule has 1 aliphatic rings. The van der Waals surface area contributed by atoms with Gasteiger partial charge in [-0.15, -0.1) is 0 Å². The normalized spacial score (nSPS) is 16.2. The molecule has 0 aromatic heterocycles. The second-order valence-electron chi connectivity index (χ2n) is 10.1. The second kappa shape index (κ2) is 11.8. The zero-order chi connectivity index (χ0) is 28.2. The van der Waals surface area contributed by atoms with Crippen LogP contribution in [0.15, 0.2) is 91.0 Å². The molecule has 4 aromatic carbocycles. The van der Waals surface area contributed by atoms with Crippen molar-refractivity contribution in [2.24, 2.45) is 0 Å². The number of aliphatic carboxylic acids is 1. The lowest BCUT2D eigenvalue weighted by Crippen LogP contribution is -2.29. The maximum atomic E-state index is 13.4. The van der Waals surface area contributed by atoms with Gasteiger partial charge in [0.25, 0.3) is 5.91 Å². The van der Waals surface area contributed by atoms with E-state index in [1.165, 1.54) is 0 Å². The first-order valence-electron chi connectivity index (χ1n) is 13.2. The topological polar surface area (TPSA) is 95.5 Å². The molecule has 40 heavy (non-hydrogen) atoms. The number of hydrogen-bond acceptors (Lipinski definition) is 4. The first-order valence-corrected chi connectivity index (χ1v) is 13.6. The van der Waals surface area contributed by atoms with E-state index in [1.807, 2.05) is 49.4 Å². The summed E-state index contributed by atoms with van der Waals surface area (Å²) in [4.78, 5) is 38.1. The summed E-state index contributed by atoms with van der Waals surface area (Å²) in [6.07, 6.45) is 0.992. The van der Waals surface area contributed by atoms with Crippen molar-refractivity contribution in [1.82, 2.24) is 0 Å². The van der Waals surface area contributed by atoms with Crippen LogP contribution in [0.4, 0.5) is 11.4 Å². The monoisotopic (exact) mass is 552 g/mol. The number of benzene rings is 4. The van der Waals surface area contributed by atoms with Crippen molar-refractivity contribution in [3.05, 3.63) is 118 Å². The summed E-state index contributed by atoms with van der Waals surface area (Å²) in [5, 5.41) is 16.2. The molecule has 0 bridgehead atoms. The van der Waals surface area contributed by atoms with Crippen LogP contribution in [0.5, 0.6) is 0 Å². The Balaban J connectivity index is 1.31. The summed E-state index contributed by atoms with van der Waals surface area (Å²) >= 11 is 6.19. The number of fused-ring (bicyclic) bond motifs is 1. The van der Waals surface area contributed by atoms with Crippen LogP contribution < -0.4 is 10.6 Å². The summed E-state index contributed by atoms with van der Waals surface area (Å²) in [6.45, 7) is 2.02. The molecule has 0 fully saturated rings. The third kappa shape index (κ3) is 6.08. The average molecular weight is 553 g/mol. The van der Waals surface area contributed by atoms with E-state index in [0.29, 0.717) is 34.7 Å². The van der Waals surface area contributed by atoms with E-state index in [4.69, 9.17) is 11.6 Å². The van der Waals surface area contributed by atoms with Gasteiger partial charge in [-0.3, -0.25) is 14.4 Å². The predicted octanol–water partition coefficient (Wildman–Crippen LogP) is 7.58. The molecule has 1 aliphatic heterocycles. The van der Waals surface area contributed by atoms with E-state index in [2.05, 4.69) is 10.6 Å². The molecule has 0 aliphatic carbocycles. The van der Waals surface area contributed by atoms with Gasteiger partial charge in [0.2, 0.25) is 0 Å². The molecule has 1 heterocycles. The zero-order valence-electron chi connectivity index (χ0n) is 22.0. The molecule has 1 amide bonds. The Hall–Kier alpha value is -4.42. The fourth-order valence-corrected chi connectivity index (χ4v) is 5.37. The van der Waals surface area contributed by atoms with E-state index in [0.717, 1.165) is 27.9 Å². The number of carbonyl (C=O) groups is 3. The minimum atomic E-state index is -0.889. The molecule has 0 saturated carbocycles. The quantitative estimate of drug-likeness (QED) is 0.205. The molecule has 5 rings (SSSR count). The highest BCUT2D eigenvalue weighted by Gasteiger charge is 2.29. The summed E-state index contributed by atoms with van der Waals surface area (Å²) in [6, 6.07) is 27.1. The number of halogens is 1. The Bertz CT molecular complexity index is 1560. The molecule has 7 heteroatoms. The number of ketones is 1. The maximum Gasteiger partial charge on any atom is 0.303 e. The highest BCUT2D eigenvalue weighted by atomic mass is 35.5. The van der Waals surface area contributed by atoms with Gasteiger partial charge in [0, 0.05) is 27.5 Å². The molecule has 202 valence electrons. The van der Waals surface area contributed by atoms with Crippen LogP contribution >= 0.6 is 11.6 Å². The average Bonchev–Trinajstić information content (AvgIpc) is 3.12. The zero-order valence-corrected chi connectivity index (χ0v) is 22.7. The Morgan fingerprint density at radius 1 is 0.925 bits per heavy atom. The molecular weight excluding hydrogens is 524 g/mol. The number of Topliss-reactive ketones (excluding diaryl/α,β-unsaturated/α-hetero) is 1. The minimum absolute atomic E-state index is 0.0304.